The van der Waals surface area contributed by atoms with Crippen LogP contribution in [0.3, 0.4) is 0 Å². The second-order valence-corrected chi connectivity index (χ2v) is 6.15. The Morgan fingerprint density at radius 2 is 1.90 bits per heavy atom. The zero-order valence-electron chi connectivity index (χ0n) is 12.1. The van der Waals surface area contributed by atoms with Gasteiger partial charge in [0, 0.05) is 7.05 Å². The van der Waals surface area contributed by atoms with Gasteiger partial charge in [0.25, 0.3) is 0 Å². The SMILES string of the molecule is CCC(C(=O)NC)N(c1ccc(OC)cc1)S(C)(=O)=O. The largest absolute Gasteiger partial charge is 0.497 e. The molecule has 112 valence electrons. The van der Waals surface area contributed by atoms with Gasteiger partial charge in [-0.3, -0.25) is 9.10 Å². The molecule has 0 bridgehead atoms. The number of sulfonamides is 1. The molecule has 0 aromatic heterocycles. The lowest BCUT2D eigenvalue weighted by Crippen LogP contribution is -2.48. The average Bonchev–Trinajstić information content (AvgIpc) is 2.42. The number of carbonyl (C=O) groups is 1. The first-order chi connectivity index (χ1) is 9.35. The van der Waals surface area contributed by atoms with Crippen LogP contribution in [0.4, 0.5) is 5.69 Å². The minimum atomic E-state index is -3.57. The zero-order valence-corrected chi connectivity index (χ0v) is 12.9. The van der Waals surface area contributed by atoms with Crippen molar-refractivity contribution in [3.8, 4) is 5.75 Å². The van der Waals surface area contributed by atoms with Gasteiger partial charge in [0.1, 0.15) is 11.8 Å². The second kappa shape index (κ2) is 6.60. The van der Waals surface area contributed by atoms with E-state index < -0.39 is 16.1 Å². The molecule has 6 nitrogen and oxygen atoms in total. The van der Waals surface area contributed by atoms with Crippen molar-refractivity contribution in [1.82, 2.24) is 5.32 Å². The molecule has 20 heavy (non-hydrogen) atoms. The van der Waals surface area contributed by atoms with Gasteiger partial charge in [-0.1, -0.05) is 6.92 Å². The number of carbonyl (C=O) groups excluding carboxylic acids is 1. The van der Waals surface area contributed by atoms with Crippen LogP contribution < -0.4 is 14.4 Å². The Labute approximate surface area is 119 Å². The molecule has 0 spiro atoms. The van der Waals surface area contributed by atoms with Crippen LogP contribution in [0.25, 0.3) is 0 Å². The number of rotatable bonds is 6. The highest BCUT2D eigenvalue weighted by Crippen LogP contribution is 2.24. The third kappa shape index (κ3) is 3.63. The summed E-state index contributed by atoms with van der Waals surface area (Å²) in [5.41, 5.74) is 0.434. The zero-order chi connectivity index (χ0) is 15.3. The van der Waals surface area contributed by atoms with E-state index in [1.165, 1.54) is 14.2 Å². The first-order valence-electron chi connectivity index (χ1n) is 6.20. The topological polar surface area (TPSA) is 75.7 Å². The molecule has 1 aromatic carbocycles. The molecule has 1 N–H and O–H groups in total. The van der Waals surface area contributed by atoms with E-state index in [1.54, 1.807) is 31.2 Å². The number of amides is 1. The number of hydrogen-bond donors (Lipinski definition) is 1. The Kier molecular flexibility index (Phi) is 5.38. The summed E-state index contributed by atoms with van der Waals surface area (Å²) in [5.74, 6) is 0.281. The minimum Gasteiger partial charge on any atom is -0.497 e. The fourth-order valence-corrected chi connectivity index (χ4v) is 3.17. The molecule has 0 saturated heterocycles. The number of ether oxygens (including phenoxy) is 1. The van der Waals surface area contributed by atoms with Crippen LogP contribution in [0.5, 0.6) is 5.75 Å². The van der Waals surface area contributed by atoms with Crippen LogP contribution in [-0.4, -0.2) is 40.8 Å². The van der Waals surface area contributed by atoms with E-state index in [1.807, 2.05) is 0 Å². The van der Waals surface area contributed by atoms with Crippen LogP contribution in [-0.2, 0) is 14.8 Å². The maximum atomic E-state index is 12.0. The molecule has 1 unspecified atom stereocenters. The summed E-state index contributed by atoms with van der Waals surface area (Å²) in [7, 11) is -0.556. The molecule has 0 aliphatic rings. The highest BCUT2D eigenvalue weighted by molar-refractivity contribution is 7.92. The average molecular weight is 300 g/mol. The van der Waals surface area contributed by atoms with E-state index in [2.05, 4.69) is 5.32 Å². The molecular weight excluding hydrogens is 280 g/mol. The summed E-state index contributed by atoms with van der Waals surface area (Å²) in [6.45, 7) is 1.77. The van der Waals surface area contributed by atoms with Crippen molar-refractivity contribution in [1.29, 1.82) is 0 Å². The number of nitrogens with one attached hydrogen (secondary N) is 1. The Hall–Kier alpha value is -1.76. The number of anilines is 1. The van der Waals surface area contributed by atoms with Crippen LogP contribution >= 0.6 is 0 Å². The molecule has 0 aliphatic heterocycles. The predicted molar refractivity (Wildman–Crippen MR) is 78.5 cm³/mol. The van der Waals surface area contributed by atoms with E-state index >= 15 is 0 Å². The van der Waals surface area contributed by atoms with E-state index in [-0.39, 0.29) is 5.91 Å². The van der Waals surface area contributed by atoms with Crippen molar-refractivity contribution in [3.63, 3.8) is 0 Å². The van der Waals surface area contributed by atoms with Gasteiger partial charge in [-0.15, -0.1) is 0 Å². The van der Waals surface area contributed by atoms with Crippen LogP contribution in [0.2, 0.25) is 0 Å². The van der Waals surface area contributed by atoms with Gasteiger partial charge in [-0.05, 0) is 30.7 Å². The molecule has 1 rings (SSSR count). The van der Waals surface area contributed by atoms with E-state index in [9.17, 15) is 13.2 Å². The Morgan fingerprint density at radius 3 is 2.25 bits per heavy atom. The van der Waals surface area contributed by atoms with Crippen LogP contribution in [0.1, 0.15) is 13.3 Å². The summed E-state index contributed by atoms with van der Waals surface area (Å²) in [6.07, 6.45) is 1.46. The standard InChI is InChI=1S/C13H20N2O4S/c1-5-12(13(16)14-2)15(20(4,17)18)10-6-8-11(19-3)9-7-10/h6-9,12H,5H2,1-4H3,(H,14,16). The fourth-order valence-electron chi connectivity index (χ4n) is 1.96. The first-order valence-corrected chi connectivity index (χ1v) is 8.05. The van der Waals surface area contributed by atoms with E-state index in [0.717, 1.165) is 10.6 Å². The highest BCUT2D eigenvalue weighted by atomic mass is 32.2. The van der Waals surface area contributed by atoms with Gasteiger partial charge in [0.05, 0.1) is 19.1 Å². The summed E-state index contributed by atoms with van der Waals surface area (Å²) in [6, 6.07) is 5.77. The van der Waals surface area contributed by atoms with E-state index in [4.69, 9.17) is 4.74 Å². The Morgan fingerprint density at radius 1 is 1.35 bits per heavy atom. The van der Waals surface area contributed by atoms with Gasteiger partial charge in [0.2, 0.25) is 15.9 Å². The molecule has 1 atom stereocenters. The van der Waals surface area contributed by atoms with Gasteiger partial charge in [0.15, 0.2) is 0 Å². The molecule has 0 saturated carbocycles. The lowest BCUT2D eigenvalue weighted by Gasteiger charge is -2.29. The Bertz CT molecular complexity index is 554. The minimum absolute atomic E-state index is 0.339. The van der Waals surface area contributed by atoms with Crippen molar-refractivity contribution in [3.05, 3.63) is 24.3 Å². The lowest BCUT2D eigenvalue weighted by atomic mass is 10.2. The van der Waals surface area contributed by atoms with Gasteiger partial charge < -0.3 is 10.1 Å². The third-order valence-corrected chi connectivity index (χ3v) is 4.08. The van der Waals surface area contributed by atoms with Crippen molar-refractivity contribution in [2.45, 2.75) is 19.4 Å². The number of nitrogens with zero attached hydrogens (tertiary/aromatic N) is 1. The van der Waals surface area contributed by atoms with Crippen LogP contribution in [0.15, 0.2) is 24.3 Å². The summed E-state index contributed by atoms with van der Waals surface area (Å²) < 4.78 is 30.2. The normalized spacial score (nSPS) is 12.6. The molecule has 1 aromatic rings. The number of methoxy groups -OCH3 is 1. The van der Waals surface area contributed by atoms with Crippen molar-refractivity contribution < 1.29 is 17.9 Å². The van der Waals surface area contributed by atoms with Crippen molar-refractivity contribution >= 4 is 21.6 Å². The van der Waals surface area contributed by atoms with E-state index in [0.29, 0.717) is 17.9 Å². The van der Waals surface area contributed by atoms with Gasteiger partial charge >= 0.3 is 0 Å². The quantitative estimate of drug-likeness (QED) is 0.850. The van der Waals surface area contributed by atoms with Gasteiger partial charge in [-0.25, -0.2) is 8.42 Å². The maximum Gasteiger partial charge on any atom is 0.243 e. The van der Waals surface area contributed by atoms with Crippen molar-refractivity contribution in [2.24, 2.45) is 0 Å². The predicted octanol–water partition coefficient (Wildman–Crippen LogP) is 0.986. The molecule has 0 fully saturated rings. The monoisotopic (exact) mass is 300 g/mol. The van der Waals surface area contributed by atoms with Crippen molar-refractivity contribution in [2.75, 3.05) is 24.7 Å². The fraction of sp³-hybridized carbons (Fsp3) is 0.462. The number of benzene rings is 1. The molecule has 1 amide bonds. The summed E-state index contributed by atoms with van der Waals surface area (Å²) in [4.78, 5) is 11.9. The smallest absolute Gasteiger partial charge is 0.243 e. The number of likely N-dealkylation sites (N-methyl/N-ethyl adjacent to an activating group) is 1. The highest BCUT2D eigenvalue weighted by Gasteiger charge is 2.30. The third-order valence-electron chi connectivity index (χ3n) is 2.90. The Balaban J connectivity index is 3.28. The summed E-state index contributed by atoms with van der Waals surface area (Å²) >= 11 is 0. The maximum absolute atomic E-state index is 12.0. The molecule has 0 aliphatic carbocycles. The first kappa shape index (κ1) is 16.3. The molecular formula is C13H20N2O4S. The molecule has 0 heterocycles. The second-order valence-electron chi connectivity index (χ2n) is 4.30. The summed E-state index contributed by atoms with van der Waals surface area (Å²) in [5, 5.41) is 2.49. The van der Waals surface area contributed by atoms with Gasteiger partial charge in [-0.2, -0.15) is 0 Å². The lowest BCUT2D eigenvalue weighted by molar-refractivity contribution is -0.121. The molecule has 7 heteroatoms. The van der Waals surface area contributed by atoms with Crippen LogP contribution in [0, 0.1) is 0 Å². The molecule has 0 radical (unpaired) electrons. The number of hydrogen-bond acceptors (Lipinski definition) is 4.